The standard InChI is InChI=1S/C23H33N3O4S/c1-6-26(7-2)31(28,29)21-14-8-18(9-15-21)16-24-23(27)25-22(17(3)4)19-10-12-20(30-5)13-11-19/h8-15,17,22H,6-7,16H2,1-5H3,(H2,24,25,27). The van der Waals surface area contributed by atoms with Crippen molar-refractivity contribution in [1.82, 2.24) is 14.9 Å². The summed E-state index contributed by atoms with van der Waals surface area (Å²) < 4.78 is 31.7. The summed E-state index contributed by atoms with van der Waals surface area (Å²) in [6.07, 6.45) is 0. The monoisotopic (exact) mass is 447 g/mol. The van der Waals surface area contributed by atoms with E-state index in [0.717, 1.165) is 16.9 Å². The molecule has 1 unspecified atom stereocenters. The van der Waals surface area contributed by atoms with E-state index in [4.69, 9.17) is 4.74 Å². The minimum atomic E-state index is -3.49. The number of ether oxygens (including phenoxy) is 1. The van der Waals surface area contributed by atoms with Crippen molar-refractivity contribution in [2.24, 2.45) is 5.92 Å². The van der Waals surface area contributed by atoms with E-state index in [1.807, 2.05) is 52.0 Å². The molecule has 2 amide bonds. The molecule has 0 saturated heterocycles. The lowest BCUT2D eigenvalue weighted by Crippen LogP contribution is -2.39. The van der Waals surface area contributed by atoms with Crippen LogP contribution in [-0.2, 0) is 16.6 Å². The molecule has 0 aliphatic carbocycles. The Morgan fingerprint density at radius 3 is 2.06 bits per heavy atom. The minimum Gasteiger partial charge on any atom is -0.497 e. The lowest BCUT2D eigenvalue weighted by atomic mass is 9.96. The van der Waals surface area contributed by atoms with Crippen LogP contribution in [0.1, 0.15) is 44.9 Å². The van der Waals surface area contributed by atoms with Crippen molar-refractivity contribution < 1.29 is 17.9 Å². The van der Waals surface area contributed by atoms with Gasteiger partial charge in [-0.25, -0.2) is 13.2 Å². The Hall–Kier alpha value is -2.58. The molecular weight excluding hydrogens is 414 g/mol. The first-order valence-corrected chi connectivity index (χ1v) is 11.9. The SMILES string of the molecule is CCN(CC)S(=O)(=O)c1ccc(CNC(=O)NC(c2ccc(OC)cc2)C(C)C)cc1. The van der Waals surface area contributed by atoms with E-state index < -0.39 is 10.0 Å². The third-order valence-corrected chi connectivity index (χ3v) is 7.21. The summed E-state index contributed by atoms with van der Waals surface area (Å²) in [6.45, 7) is 8.86. The Morgan fingerprint density at radius 2 is 1.58 bits per heavy atom. The van der Waals surface area contributed by atoms with Crippen molar-refractivity contribution >= 4 is 16.1 Å². The van der Waals surface area contributed by atoms with Gasteiger partial charge in [-0.2, -0.15) is 4.31 Å². The van der Waals surface area contributed by atoms with Crippen molar-refractivity contribution in [3.63, 3.8) is 0 Å². The second kappa shape index (κ2) is 11.2. The summed E-state index contributed by atoms with van der Waals surface area (Å²) >= 11 is 0. The zero-order chi connectivity index (χ0) is 23.0. The van der Waals surface area contributed by atoms with Crippen LogP contribution >= 0.6 is 0 Å². The summed E-state index contributed by atoms with van der Waals surface area (Å²) in [7, 11) is -1.87. The zero-order valence-corrected chi connectivity index (χ0v) is 19.7. The first kappa shape index (κ1) is 24.7. The van der Waals surface area contributed by atoms with Gasteiger partial charge in [0, 0.05) is 19.6 Å². The number of benzene rings is 2. The predicted molar refractivity (Wildman–Crippen MR) is 122 cm³/mol. The molecule has 1 atom stereocenters. The number of hydrogen-bond donors (Lipinski definition) is 2. The molecule has 8 heteroatoms. The Kier molecular flexibility index (Phi) is 8.88. The number of sulfonamides is 1. The van der Waals surface area contributed by atoms with Crippen LogP contribution in [0.25, 0.3) is 0 Å². The van der Waals surface area contributed by atoms with Crippen LogP contribution in [0.2, 0.25) is 0 Å². The average molecular weight is 448 g/mol. The van der Waals surface area contributed by atoms with Gasteiger partial charge in [0.05, 0.1) is 18.0 Å². The van der Waals surface area contributed by atoms with Crippen molar-refractivity contribution in [3.8, 4) is 5.75 Å². The van der Waals surface area contributed by atoms with Crippen LogP contribution in [0.3, 0.4) is 0 Å². The number of amides is 2. The Balaban J connectivity index is 1.99. The maximum Gasteiger partial charge on any atom is 0.315 e. The highest BCUT2D eigenvalue weighted by molar-refractivity contribution is 7.89. The molecule has 0 saturated carbocycles. The normalized spacial score (nSPS) is 12.6. The maximum absolute atomic E-state index is 12.6. The van der Waals surface area contributed by atoms with E-state index in [2.05, 4.69) is 10.6 Å². The largest absolute Gasteiger partial charge is 0.497 e. The molecule has 31 heavy (non-hydrogen) atoms. The number of methoxy groups -OCH3 is 1. The van der Waals surface area contributed by atoms with Gasteiger partial charge in [0.1, 0.15) is 5.75 Å². The highest BCUT2D eigenvalue weighted by Gasteiger charge is 2.21. The summed E-state index contributed by atoms with van der Waals surface area (Å²) in [5.74, 6) is 0.964. The van der Waals surface area contributed by atoms with E-state index in [1.165, 1.54) is 4.31 Å². The van der Waals surface area contributed by atoms with Gasteiger partial charge in [0.25, 0.3) is 0 Å². The van der Waals surface area contributed by atoms with Gasteiger partial charge >= 0.3 is 6.03 Å². The van der Waals surface area contributed by atoms with Crippen molar-refractivity contribution in [2.75, 3.05) is 20.2 Å². The predicted octanol–water partition coefficient (Wildman–Crippen LogP) is 3.92. The van der Waals surface area contributed by atoms with Gasteiger partial charge in [-0.05, 0) is 41.3 Å². The van der Waals surface area contributed by atoms with E-state index in [1.54, 1.807) is 31.4 Å². The molecule has 0 fully saturated rings. The molecule has 0 spiro atoms. The second-order valence-corrected chi connectivity index (χ2v) is 9.49. The highest BCUT2D eigenvalue weighted by atomic mass is 32.2. The average Bonchev–Trinajstić information content (AvgIpc) is 2.77. The van der Waals surface area contributed by atoms with E-state index >= 15 is 0 Å². The minimum absolute atomic E-state index is 0.146. The molecule has 0 heterocycles. The van der Waals surface area contributed by atoms with E-state index in [-0.39, 0.29) is 22.9 Å². The van der Waals surface area contributed by atoms with E-state index in [9.17, 15) is 13.2 Å². The molecule has 0 bridgehead atoms. The molecule has 2 aromatic carbocycles. The Morgan fingerprint density at radius 1 is 1.00 bits per heavy atom. The van der Waals surface area contributed by atoms with Crippen LogP contribution in [0.15, 0.2) is 53.4 Å². The molecule has 170 valence electrons. The van der Waals surface area contributed by atoms with Gasteiger partial charge in [0.2, 0.25) is 10.0 Å². The topological polar surface area (TPSA) is 87.7 Å². The smallest absolute Gasteiger partial charge is 0.315 e. The number of carbonyl (C=O) groups is 1. The number of nitrogens with zero attached hydrogens (tertiary/aromatic N) is 1. The summed E-state index contributed by atoms with van der Waals surface area (Å²) in [5, 5.41) is 5.86. The molecule has 0 aromatic heterocycles. The van der Waals surface area contributed by atoms with Crippen LogP contribution in [0, 0.1) is 5.92 Å². The van der Waals surface area contributed by atoms with Gasteiger partial charge in [0.15, 0.2) is 0 Å². The molecule has 0 radical (unpaired) electrons. The van der Waals surface area contributed by atoms with Crippen molar-refractivity contribution in [1.29, 1.82) is 0 Å². The summed E-state index contributed by atoms with van der Waals surface area (Å²) in [6, 6.07) is 13.8. The van der Waals surface area contributed by atoms with Gasteiger partial charge in [-0.3, -0.25) is 0 Å². The van der Waals surface area contributed by atoms with Crippen LogP contribution in [0.5, 0.6) is 5.75 Å². The number of nitrogens with one attached hydrogen (secondary N) is 2. The third kappa shape index (κ3) is 6.45. The number of urea groups is 1. The molecule has 2 rings (SSSR count). The fraction of sp³-hybridized carbons (Fsp3) is 0.435. The third-order valence-electron chi connectivity index (χ3n) is 5.15. The zero-order valence-electron chi connectivity index (χ0n) is 18.9. The number of hydrogen-bond acceptors (Lipinski definition) is 4. The molecule has 0 aliphatic heterocycles. The quantitative estimate of drug-likeness (QED) is 0.578. The van der Waals surface area contributed by atoms with Gasteiger partial charge < -0.3 is 15.4 Å². The lowest BCUT2D eigenvalue weighted by Gasteiger charge is -2.23. The number of carbonyl (C=O) groups excluding carboxylic acids is 1. The maximum atomic E-state index is 12.6. The van der Waals surface area contributed by atoms with Gasteiger partial charge in [-0.1, -0.05) is 52.0 Å². The van der Waals surface area contributed by atoms with Crippen LogP contribution < -0.4 is 15.4 Å². The second-order valence-electron chi connectivity index (χ2n) is 7.56. The lowest BCUT2D eigenvalue weighted by molar-refractivity contribution is 0.232. The molecule has 7 nitrogen and oxygen atoms in total. The van der Waals surface area contributed by atoms with Crippen molar-refractivity contribution in [3.05, 3.63) is 59.7 Å². The van der Waals surface area contributed by atoms with Crippen LogP contribution in [0.4, 0.5) is 4.79 Å². The van der Waals surface area contributed by atoms with Gasteiger partial charge in [-0.15, -0.1) is 0 Å². The summed E-state index contributed by atoms with van der Waals surface area (Å²) in [4.78, 5) is 12.7. The Bertz CT molecular complexity index is 938. The summed E-state index contributed by atoms with van der Waals surface area (Å²) in [5.41, 5.74) is 1.82. The van der Waals surface area contributed by atoms with Crippen molar-refractivity contribution in [2.45, 2.75) is 45.2 Å². The fourth-order valence-electron chi connectivity index (χ4n) is 3.31. The van der Waals surface area contributed by atoms with Crippen LogP contribution in [-0.4, -0.2) is 39.0 Å². The molecular formula is C23H33N3O4S. The molecule has 2 aromatic rings. The molecule has 0 aliphatic rings. The Labute approximate surface area is 185 Å². The van der Waals surface area contributed by atoms with E-state index in [0.29, 0.717) is 19.6 Å². The first-order chi connectivity index (χ1) is 14.7. The molecule has 2 N–H and O–H groups in total. The first-order valence-electron chi connectivity index (χ1n) is 10.5. The highest BCUT2D eigenvalue weighted by Crippen LogP contribution is 2.24. The fourth-order valence-corrected chi connectivity index (χ4v) is 4.77. The number of rotatable bonds is 10.